The summed E-state index contributed by atoms with van der Waals surface area (Å²) in [5, 5.41) is 0. The average molecular weight is 176 g/mol. The zero-order chi connectivity index (χ0) is 8.15. The summed E-state index contributed by atoms with van der Waals surface area (Å²) < 4.78 is 12.2. The van der Waals surface area contributed by atoms with Gasteiger partial charge in [-0.15, -0.1) is 0 Å². The van der Waals surface area contributed by atoms with Crippen molar-refractivity contribution in [3.8, 4) is 0 Å². The summed E-state index contributed by atoms with van der Waals surface area (Å²) in [6, 6.07) is 0. The van der Waals surface area contributed by atoms with E-state index in [0.29, 0.717) is 30.3 Å². The second-order valence-electron chi connectivity index (χ2n) is 5.22. The average Bonchev–Trinajstić information content (AvgIpc) is 2.69. The lowest BCUT2D eigenvalue weighted by Crippen LogP contribution is -2.43. The van der Waals surface area contributed by atoms with Gasteiger partial charge in [-0.25, -0.2) is 0 Å². The van der Waals surface area contributed by atoms with Crippen LogP contribution in [0.1, 0.15) is 6.42 Å². The molecule has 6 bridgehead atoms. The van der Waals surface area contributed by atoms with Crippen LogP contribution in [0.5, 0.6) is 0 Å². The fourth-order valence-electron chi connectivity index (χ4n) is 4.68. The Morgan fingerprint density at radius 1 is 1.00 bits per heavy atom. The highest BCUT2D eigenvalue weighted by atomic mass is 16.5. The van der Waals surface area contributed by atoms with Crippen molar-refractivity contribution in [3.63, 3.8) is 0 Å². The molecular formula is C11H12O2. The molecule has 2 heterocycles. The van der Waals surface area contributed by atoms with E-state index < -0.39 is 0 Å². The zero-order valence-electron chi connectivity index (χ0n) is 7.30. The first-order chi connectivity index (χ1) is 6.43. The van der Waals surface area contributed by atoms with E-state index in [2.05, 4.69) is 12.2 Å². The van der Waals surface area contributed by atoms with Crippen LogP contribution in [0.2, 0.25) is 0 Å². The van der Waals surface area contributed by atoms with E-state index in [1.165, 1.54) is 6.42 Å². The molecule has 0 N–H and O–H groups in total. The molecule has 5 rings (SSSR count). The predicted molar refractivity (Wildman–Crippen MR) is 45.0 cm³/mol. The van der Waals surface area contributed by atoms with E-state index in [1.54, 1.807) is 0 Å². The minimum atomic E-state index is 0.409. The fraction of sp³-hybridized carbons (Fsp3) is 0.818. The molecule has 2 aliphatic heterocycles. The fourth-order valence-corrected chi connectivity index (χ4v) is 4.68. The first-order valence-corrected chi connectivity index (χ1v) is 5.43. The van der Waals surface area contributed by atoms with Gasteiger partial charge in [0.25, 0.3) is 0 Å². The van der Waals surface area contributed by atoms with Crippen LogP contribution < -0.4 is 0 Å². The summed E-state index contributed by atoms with van der Waals surface area (Å²) in [6.07, 6.45) is 7.99. The minimum absolute atomic E-state index is 0.409. The largest absolute Gasteiger partial charge is 0.374 e. The molecule has 0 radical (unpaired) electrons. The third-order valence-corrected chi connectivity index (χ3v) is 4.98. The smallest absolute Gasteiger partial charge is 0.0817 e. The highest BCUT2D eigenvalue weighted by molar-refractivity contribution is 5.26. The van der Waals surface area contributed by atoms with Gasteiger partial charge in [0.2, 0.25) is 0 Å². The Hall–Kier alpha value is -0.340. The van der Waals surface area contributed by atoms with Crippen LogP contribution in [0.25, 0.3) is 0 Å². The van der Waals surface area contributed by atoms with E-state index in [4.69, 9.17) is 9.47 Å². The minimum Gasteiger partial charge on any atom is -0.374 e. The molecule has 2 saturated heterocycles. The maximum absolute atomic E-state index is 6.10. The second-order valence-corrected chi connectivity index (χ2v) is 5.22. The van der Waals surface area contributed by atoms with E-state index in [9.17, 15) is 0 Å². The SMILES string of the molecule is C1=CC2C3CC4OC2C2C1OC3C42. The quantitative estimate of drug-likeness (QED) is 0.512. The summed E-state index contributed by atoms with van der Waals surface area (Å²) >= 11 is 0. The summed E-state index contributed by atoms with van der Waals surface area (Å²) in [5.41, 5.74) is 0. The van der Waals surface area contributed by atoms with Gasteiger partial charge in [0, 0.05) is 17.8 Å². The van der Waals surface area contributed by atoms with Crippen LogP contribution in [0.15, 0.2) is 12.2 Å². The number of rotatable bonds is 0. The normalized spacial score (nSPS) is 74.5. The first kappa shape index (κ1) is 6.20. The molecule has 0 amide bonds. The van der Waals surface area contributed by atoms with Gasteiger partial charge in [0.1, 0.15) is 0 Å². The molecule has 13 heavy (non-hydrogen) atoms. The molecule has 0 aromatic carbocycles. The summed E-state index contributed by atoms with van der Waals surface area (Å²) in [6.45, 7) is 0. The molecule has 2 heteroatoms. The maximum Gasteiger partial charge on any atom is 0.0817 e. The molecule has 0 aromatic rings. The molecular weight excluding hydrogens is 164 g/mol. The van der Waals surface area contributed by atoms with Gasteiger partial charge in [-0.05, 0) is 12.3 Å². The number of hydrogen-bond donors (Lipinski definition) is 0. The maximum atomic E-state index is 6.10. The van der Waals surface area contributed by atoms with Gasteiger partial charge in [-0.3, -0.25) is 0 Å². The Kier molecular flexibility index (Phi) is 0.769. The third-order valence-electron chi connectivity index (χ3n) is 4.98. The van der Waals surface area contributed by atoms with E-state index >= 15 is 0 Å². The summed E-state index contributed by atoms with van der Waals surface area (Å²) in [7, 11) is 0. The Labute approximate surface area is 76.9 Å². The van der Waals surface area contributed by atoms with Crippen molar-refractivity contribution in [2.24, 2.45) is 23.7 Å². The van der Waals surface area contributed by atoms with Crippen molar-refractivity contribution < 1.29 is 9.47 Å². The molecule has 4 fully saturated rings. The van der Waals surface area contributed by atoms with Crippen molar-refractivity contribution in [1.82, 2.24) is 0 Å². The van der Waals surface area contributed by atoms with Crippen LogP contribution >= 0.6 is 0 Å². The Balaban J connectivity index is 1.85. The first-order valence-electron chi connectivity index (χ1n) is 5.43. The van der Waals surface area contributed by atoms with Crippen LogP contribution in [0.3, 0.4) is 0 Å². The monoisotopic (exact) mass is 176 g/mol. The molecule has 8 atom stereocenters. The number of fused-ring (bicyclic) bond motifs is 1. The van der Waals surface area contributed by atoms with E-state index in [0.717, 1.165) is 17.8 Å². The topological polar surface area (TPSA) is 18.5 Å². The van der Waals surface area contributed by atoms with Gasteiger partial charge < -0.3 is 9.47 Å². The van der Waals surface area contributed by atoms with Crippen LogP contribution in [0.4, 0.5) is 0 Å². The van der Waals surface area contributed by atoms with Crippen LogP contribution in [-0.2, 0) is 9.47 Å². The molecule has 0 aromatic heterocycles. The van der Waals surface area contributed by atoms with E-state index in [1.807, 2.05) is 0 Å². The van der Waals surface area contributed by atoms with Crippen molar-refractivity contribution >= 4 is 0 Å². The lowest BCUT2D eigenvalue weighted by atomic mass is 9.68. The van der Waals surface area contributed by atoms with Crippen LogP contribution in [-0.4, -0.2) is 24.4 Å². The van der Waals surface area contributed by atoms with Gasteiger partial charge >= 0.3 is 0 Å². The number of ether oxygens (including phenoxy) is 2. The van der Waals surface area contributed by atoms with Gasteiger partial charge in [0.15, 0.2) is 0 Å². The molecule has 5 aliphatic rings. The van der Waals surface area contributed by atoms with Gasteiger partial charge in [-0.1, -0.05) is 12.2 Å². The predicted octanol–water partition coefficient (Wildman–Crippen LogP) is 0.973. The molecule has 3 aliphatic carbocycles. The second kappa shape index (κ2) is 1.61. The molecule has 2 nitrogen and oxygen atoms in total. The van der Waals surface area contributed by atoms with Crippen LogP contribution in [0, 0.1) is 23.7 Å². The Bertz CT molecular complexity index is 316. The van der Waals surface area contributed by atoms with Crippen molar-refractivity contribution in [2.45, 2.75) is 30.8 Å². The lowest BCUT2D eigenvalue weighted by Gasteiger charge is -2.37. The van der Waals surface area contributed by atoms with Crippen molar-refractivity contribution in [1.29, 1.82) is 0 Å². The van der Waals surface area contributed by atoms with Crippen molar-refractivity contribution in [2.75, 3.05) is 0 Å². The molecule has 68 valence electrons. The number of hydrogen-bond acceptors (Lipinski definition) is 2. The summed E-state index contributed by atoms with van der Waals surface area (Å²) in [4.78, 5) is 0. The lowest BCUT2D eigenvalue weighted by molar-refractivity contribution is -0.0436. The molecule has 8 unspecified atom stereocenters. The third kappa shape index (κ3) is 0.460. The highest BCUT2D eigenvalue weighted by Crippen LogP contribution is 2.65. The summed E-state index contributed by atoms with van der Waals surface area (Å²) in [5.74, 6) is 2.99. The van der Waals surface area contributed by atoms with Gasteiger partial charge in [0.05, 0.1) is 24.4 Å². The van der Waals surface area contributed by atoms with Crippen molar-refractivity contribution in [3.05, 3.63) is 12.2 Å². The van der Waals surface area contributed by atoms with Gasteiger partial charge in [-0.2, -0.15) is 0 Å². The molecule has 0 spiro atoms. The zero-order valence-corrected chi connectivity index (χ0v) is 7.30. The standard InChI is InChI=1S/C11H12O2/c1-2-6-8-9-7-3-5(11(9)12-6)4(1)10(8)13-7/h1-2,4-11H,3H2. The molecule has 2 saturated carbocycles. The highest BCUT2D eigenvalue weighted by Gasteiger charge is 2.71. The Morgan fingerprint density at radius 2 is 2.00 bits per heavy atom. The van der Waals surface area contributed by atoms with E-state index in [-0.39, 0.29) is 0 Å². The Morgan fingerprint density at radius 3 is 3.00 bits per heavy atom.